The van der Waals surface area contributed by atoms with Crippen LogP contribution in [0.25, 0.3) is 0 Å². The monoisotopic (exact) mass is 345 g/mol. The smallest absolute Gasteiger partial charge is 0.258 e. The molecule has 0 aliphatic carbocycles. The van der Waals surface area contributed by atoms with Crippen LogP contribution in [0.3, 0.4) is 0 Å². The standard InChI is InChI=1S/C19H20FNO4/c1-2-17(22)14-7-9-15(10-8-14)25-13-19(23)21-11-12-24-18-6-4-3-5-16(18)20/h3-10H,2,11-13H2,1H3,(H,21,23). The van der Waals surface area contributed by atoms with E-state index in [1.54, 1.807) is 43.3 Å². The molecule has 0 bridgehead atoms. The summed E-state index contributed by atoms with van der Waals surface area (Å²) in [4.78, 5) is 23.2. The second kappa shape index (κ2) is 9.42. The number of para-hydroxylation sites is 1. The van der Waals surface area contributed by atoms with Crippen molar-refractivity contribution in [1.29, 1.82) is 0 Å². The zero-order valence-electron chi connectivity index (χ0n) is 14.0. The van der Waals surface area contributed by atoms with E-state index < -0.39 is 5.82 Å². The molecule has 2 rings (SSSR count). The Morgan fingerprint density at radius 3 is 2.44 bits per heavy atom. The highest BCUT2D eigenvalue weighted by Gasteiger charge is 2.06. The minimum Gasteiger partial charge on any atom is -0.489 e. The summed E-state index contributed by atoms with van der Waals surface area (Å²) in [7, 11) is 0. The highest BCUT2D eigenvalue weighted by Crippen LogP contribution is 2.15. The van der Waals surface area contributed by atoms with Crippen LogP contribution in [0.15, 0.2) is 48.5 Å². The molecule has 2 aromatic rings. The Balaban J connectivity index is 1.67. The molecule has 0 saturated carbocycles. The zero-order valence-corrected chi connectivity index (χ0v) is 14.0. The van der Waals surface area contributed by atoms with Gasteiger partial charge in [-0.05, 0) is 36.4 Å². The normalized spacial score (nSPS) is 10.2. The van der Waals surface area contributed by atoms with Gasteiger partial charge in [0.2, 0.25) is 0 Å². The van der Waals surface area contributed by atoms with Gasteiger partial charge >= 0.3 is 0 Å². The summed E-state index contributed by atoms with van der Waals surface area (Å²) in [6.07, 6.45) is 0.442. The average Bonchev–Trinajstić information content (AvgIpc) is 2.64. The van der Waals surface area contributed by atoms with E-state index >= 15 is 0 Å². The third-order valence-corrected chi connectivity index (χ3v) is 3.39. The predicted octanol–water partition coefficient (Wildman–Crippen LogP) is 2.99. The number of carbonyl (C=O) groups is 2. The molecule has 0 unspecified atom stereocenters. The van der Waals surface area contributed by atoms with Crippen molar-refractivity contribution in [2.75, 3.05) is 19.8 Å². The lowest BCUT2D eigenvalue weighted by Gasteiger charge is -2.09. The molecule has 1 amide bonds. The fraction of sp³-hybridized carbons (Fsp3) is 0.263. The number of hydrogen-bond donors (Lipinski definition) is 1. The molecule has 6 heteroatoms. The van der Waals surface area contributed by atoms with Crippen molar-refractivity contribution in [3.63, 3.8) is 0 Å². The number of amides is 1. The Hall–Kier alpha value is -2.89. The van der Waals surface area contributed by atoms with Crippen molar-refractivity contribution in [1.82, 2.24) is 5.32 Å². The van der Waals surface area contributed by atoms with Crippen molar-refractivity contribution < 1.29 is 23.5 Å². The van der Waals surface area contributed by atoms with Gasteiger partial charge in [-0.1, -0.05) is 19.1 Å². The Morgan fingerprint density at radius 1 is 1.04 bits per heavy atom. The first-order chi connectivity index (χ1) is 12.1. The molecular weight excluding hydrogens is 325 g/mol. The molecule has 132 valence electrons. The maximum atomic E-state index is 13.3. The molecule has 0 fully saturated rings. The Bertz CT molecular complexity index is 716. The number of benzene rings is 2. The maximum absolute atomic E-state index is 13.3. The summed E-state index contributed by atoms with van der Waals surface area (Å²) in [5, 5.41) is 2.62. The Labute approximate surface area is 145 Å². The average molecular weight is 345 g/mol. The number of hydrogen-bond acceptors (Lipinski definition) is 4. The van der Waals surface area contributed by atoms with Crippen LogP contribution in [0.4, 0.5) is 4.39 Å². The quantitative estimate of drug-likeness (QED) is 0.560. The summed E-state index contributed by atoms with van der Waals surface area (Å²) in [5.41, 5.74) is 0.615. The van der Waals surface area contributed by atoms with Crippen LogP contribution in [-0.2, 0) is 4.79 Å². The summed E-state index contributed by atoms with van der Waals surface area (Å²) in [6.45, 7) is 2.04. The highest BCUT2D eigenvalue weighted by molar-refractivity contribution is 5.95. The van der Waals surface area contributed by atoms with Crippen LogP contribution < -0.4 is 14.8 Å². The van der Waals surface area contributed by atoms with Crippen LogP contribution in [0.2, 0.25) is 0 Å². The molecule has 2 aromatic carbocycles. The topological polar surface area (TPSA) is 64.6 Å². The molecular formula is C19H20FNO4. The zero-order chi connectivity index (χ0) is 18.1. The summed E-state index contributed by atoms with van der Waals surface area (Å²) in [6, 6.07) is 12.7. The van der Waals surface area contributed by atoms with Gasteiger partial charge in [-0.25, -0.2) is 4.39 Å². The minimum atomic E-state index is -0.442. The van der Waals surface area contributed by atoms with E-state index in [2.05, 4.69) is 5.32 Å². The number of Topliss-reactive ketones (excluding diaryl/α,β-unsaturated/α-hetero) is 1. The van der Waals surface area contributed by atoms with E-state index in [-0.39, 0.29) is 37.2 Å². The minimum absolute atomic E-state index is 0.0548. The summed E-state index contributed by atoms with van der Waals surface area (Å²) >= 11 is 0. The first kappa shape index (κ1) is 18.4. The van der Waals surface area contributed by atoms with Crippen molar-refractivity contribution in [2.24, 2.45) is 0 Å². The fourth-order valence-electron chi connectivity index (χ4n) is 2.05. The number of ether oxygens (including phenoxy) is 2. The van der Waals surface area contributed by atoms with E-state index in [0.717, 1.165) is 0 Å². The van der Waals surface area contributed by atoms with Gasteiger partial charge in [0, 0.05) is 12.0 Å². The van der Waals surface area contributed by atoms with Crippen molar-refractivity contribution in [3.05, 3.63) is 59.9 Å². The molecule has 0 radical (unpaired) electrons. The van der Waals surface area contributed by atoms with Gasteiger partial charge in [-0.2, -0.15) is 0 Å². The van der Waals surface area contributed by atoms with E-state index in [1.807, 2.05) is 0 Å². The second-order valence-electron chi connectivity index (χ2n) is 5.22. The van der Waals surface area contributed by atoms with Crippen LogP contribution in [0, 0.1) is 5.82 Å². The number of rotatable bonds is 9. The summed E-state index contributed by atoms with van der Waals surface area (Å²) < 4.78 is 23.9. The molecule has 1 N–H and O–H groups in total. The van der Waals surface area contributed by atoms with Crippen LogP contribution in [-0.4, -0.2) is 31.4 Å². The number of nitrogens with one attached hydrogen (secondary N) is 1. The van der Waals surface area contributed by atoms with Gasteiger partial charge in [0.15, 0.2) is 24.0 Å². The lowest BCUT2D eigenvalue weighted by molar-refractivity contribution is -0.123. The number of ketones is 1. The van der Waals surface area contributed by atoms with Crippen LogP contribution in [0.1, 0.15) is 23.7 Å². The molecule has 0 aliphatic rings. The molecule has 5 nitrogen and oxygen atoms in total. The van der Waals surface area contributed by atoms with Gasteiger partial charge < -0.3 is 14.8 Å². The summed E-state index contributed by atoms with van der Waals surface area (Å²) in [5.74, 6) is -0.0488. The molecule has 0 aromatic heterocycles. The van der Waals surface area contributed by atoms with Crippen molar-refractivity contribution >= 4 is 11.7 Å². The number of halogens is 1. The van der Waals surface area contributed by atoms with Gasteiger partial charge in [0.1, 0.15) is 12.4 Å². The fourth-order valence-corrected chi connectivity index (χ4v) is 2.05. The van der Waals surface area contributed by atoms with E-state index in [9.17, 15) is 14.0 Å². The lowest BCUT2D eigenvalue weighted by Crippen LogP contribution is -2.32. The SMILES string of the molecule is CCC(=O)c1ccc(OCC(=O)NCCOc2ccccc2F)cc1. The van der Waals surface area contributed by atoms with Gasteiger partial charge in [0.25, 0.3) is 5.91 Å². The molecule has 0 saturated heterocycles. The third-order valence-electron chi connectivity index (χ3n) is 3.39. The highest BCUT2D eigenvalue weighted by atomic mass is 19.1. The van der Waals surface area contributed by atoms with E-state index in [1.165, 1.54) is 12.1 Å². The second-order valence-corrected chi connectivity index (χ2v) is 5.22. The largest absolute Gasteiger partial charge is 0.489 e. The van der Waals surface area contributed by atoms with Crippen molar-refractivity contribution in [3.8, 4) is 11.5 Å². The van der Waals surface area contributed by atoms with Gasteiger partial charge in [-0.3, -0.25) is 9.59 Å². The van der Waals surface area contributed by atoms with Crippen LogP contribution >= 0.6 is 0 Å². The molecule has 0 heterocycles. The molecule has 0 aliphatic heterocycles. The lowest BCUT2D eigenvalue weighted by atomic mass is 10.1. The molecule has 0 spiro atoms. The third kappa shape index (κ3) is 5.91. The van der Waals surface area contributed by atoms with Crippen molar-refractivity contribution in [2.45, 2.75) is 13.3 Å². The Morgan fingerprint density at radius 2 is 1.76 bits per heavy atom. The van der Waals surface area contributed by atoms with Crippen LogP contribution in [0.5, 0.6) is 11.5 Å². The number of carbonyl (C=O) groups excluding carboxylic acids is 2. The van der Waals surface area contributed by atoms with Gasteiger partial charge in [0.05, 0.1) is 6.54 Å². The first-order valence-corrected chi connectivity index (χ1v) is 8.00. The first-order valence-electron chi connectivity index (χ1n) is 8.00. The van der Waals surface area contributed by atoms with Gasteiger partial charge in [-0.15, -0.1) is 0 Å². The molecule has 25 heavy (non-hydrogen) atoms. The maximum Gasteiger partial charge on any atom is 0.258 e. The van der Waals surface area contributed by atoms with E-state index in [0.29, 0.717) is 17.7 Å². The molecule has 0 atom stereocenters. The predicted molar refractivity (Wildman–Crippen MR) is 91.5 cm³/mol. The Kier molecular flexibility index (Phi) is 6.95. The van der Waals surface area contributed by atoms with E-state index in [4.69, 9.17) is 9.47 Å².